The molecule has 5 aliphatic rings. The summed E-state index contributed by atoms with van der Waals surface area (Å²) in [5.74, 6) is 0.0331. The molecule has 354 valence electrons. The fourth-order valence-corrected chi connectivity index (χ4v) is 11.9. The van der Waals surface area contributed by atoms with Crippen molar-refractivity contribution in [2.75, 3.05) is 43.0 Å². The van der Waals surface area contributed by atoms with E-state index in [1.807, 2.05) is 12.1 Å². The number of hydrogen-bond acceptors (Lipinski definition) is 13. The van der Waals surface area contributed by atoms with Crippen molar-refractivity contribution in [2.24, 2.45) is 11.3 Å². The predicted molar refractivity (Wildman–Crippen MR) is 254 cm³/mol. The van der Waals surface area contributed by atoms with E-state index in [0.717, 1.165) is 101 Å². The van der Waals surface area contributed by atoms with Crippen LogP contribution in [0.5, 0.6) is 11.5 Å². The maximum Gasteiger partial charge on any atom is 0.312 e. The van der Waals surface area contributed by atoms with Gasteiger partial charge < -0.3 is 29.8 Å². The number of nitrogens with one attached hydrogen (secondary N) is 3. The molecule has 3 saturated carbocycles. The smallest absolute Gasteiger partial charge is 0.312 e. The first kappa shape index (κ1) is 45.2. The van der Waals surface area contributed by atoms with E-state index in [4.69, 9.17) is 9.47 Å². The minimum atomic E-state index is -4.64. The van der Waals surface area contributed by atoms with Crippen LogP contribution in [0.1, 0.15) is 118 Å². The van der Waals surface area contributed by atoms with Gasteiger partial charge in [0.2, 0.25) is 5.82 Å². The molecular weight excluding hydrogens is 873 g/mol. The molecular formula is C50H60N8O8S. The van der Waals surface area contributed by atoms with E-state index >= 15 is 0 Å². The molecule has 4 N–H and O–H groups in total. The van der Waals surface area contributed by atoms with Gasteiger partial charge in [-0.3, -0.25) is 19.8 Å². The molecule has 3 aromatic heterocycles. The van der Waals surface area contributed by atoms with Crippen molar-refractivity contribution < 1.29 is 32.7 Å². The first-order chi connectivity index (χ1) is 32.1. The molecule has 1 atom stereocenters. The van der Waals surface area contributed by atoms with Gasteiger partial charge in [0, 0.05) is 61.6 Å². The number of fused-ring (bicyclic) bond motifs is 1. The number of rotatable bonds is 13. The lowest BCUT2D eigenvalue weighted by Crippen LogP contribution is -2.59. The Morgan fingerprint density at radius 1 is 1.01 bits per heavy atom. The number of amides is 1. The summed E-state index contributed by atoms with van der Waals surface area (Å²) in [6.45, 7) is 10.1. The van der Waals surface area contributed by atoms with Crippen LogP contribution in [0, 0.1) is 21.4 Å². The largest absolute Gasteiger partial charge is 0.455 e. The standard InChI is InChI=1S/C50H60N8O8S/c1-32(2)39-6-4-5-7-40(39)43-30-65-50(15-16-50)31-57(43)36-25-49(26-36)17-20-56(21-18-49)35-8-9-41(44(23-35)66-37-22-34-12-19-51-45(34)53-28-37)47(59)55-67(63,64)38-24-42(58(61)62)46(54-29-38)52-27-33-10-13-48(3,60)14-11-33/h4-9,12,19,22-24,28-29,32-33,36,43,60H,10-11,13-18,20-21,25-27,30-31H2,1-3H3,(H,51,53)(H,52,54)(H,55,59)/t33-,43-,48-/m0/s1. The second-order valence-electron chi connectivity index (χ2n) is 20.4. The Hall–Kier alpha value is -5.62. The first-order valence-corrected chi connectivity index (χ1v) is 25.2. The number of nitro groups is 1. The van der Waals surface area contributed by atoms with Crippen LogP contribution in [0.2, 0.25) is 0 Å². The molecule has 5 heterocycles. The number of ether oxygens (including phenoxy) is 2. The number of aromatic amines is 1. The van der Waals surface area contributed by atoms with E-state index in [9.17, 15) is 28.4 Å². The molecule has 0 radical (unpaired) electrons. The number of aliphatic hydroxyl groups is 1. The zero-order chi connectivity index (χ0) is 46.7. The van der Waals surface area contributed by atoms with Gasteiger partial charge in [0.1, 0.15) is 22.0 Å². The van der Waals surface area contributed by atoms with Crippen LogP contribution in [0.15, 0.2) is 84.1 Å². The van der Waals surface area contributed by atoms with Crippen LogP contribution in [-0.2, 0) is 14.8 Å². The average molecular weight is 933 g/mol. The third kappa shape index (κ3) is 9.35. The van der Waals surface area contributed by atoms with E-state index in [0.29, 0.717) is 42.7 Å². The number of aromatic nitrogens is 3. The van der Waals surface area contributed by atoms with Crippen LogP contribution in [0.4, 0.5) is 17.2 Å². The molecule has 2 spiro atoms. The van der Waals surface area contributed by atoms with Gasteiger partial charge >= 0.3 is 5.69 Å². The minimum Gasteiger partial charge on any atom is -0.455 e. The Morgan fingerprint density at radius 3 is 2.51 bits per heavy atom. The summed E-state index contributed by atoms with van der Waals surface area (Å²) < 4.78 is 42.5. The van der Waals surface area contributed by atoms with E-state index in [1.54, 1.807) is 31.3 Å². The van der Waals surface area contributed by atoms with Gasteiger partial charge in [-0.2, -0.15) is 0 Å². The minimum absolute atomic E-state index is 0.0212. The highest BCUT2D eigenvalue weighted by Gasteiger charge is 2.56. The molecule has 10 rings (SSSR count). The fraction of sp³-hybridized carbons (Fsp3) is 0.500. The van der Waals surface area contributed by atoms with Crippen molar-refractivity contribution in [1.29, 1.82) is 0 Å². The Kier molecular flexibility index (Phi) is 11.8. The molecule has 1 amide bonds. The summed E-state index contributed by atoms with van der Waals surface area (Å²) in [7, 11) is -4.64. The van der Waals surface area contributed by atoms with Crippen LogP contribution >= 0.6 is 0 Å². The van der Waals surface area contributed by atoms with Crippen LogP contribution in [0.3, 0.4) is 0 Å². The molecule has 67 heavy (non-hydrogen) atoms. The predicted octanol–water partition coefficient (Wildman–Crippen LogP) is 8.61. The quantitative estimate of drug-likeness (QED) is 0.0646. The van der Waals surface area contributed by atoms with Crippen LogP contribution < -0.4 is 19.7 Å². The zero-order valence-electron chi connectivity index (χ0n) is 38.4. The number of pyridine rings is 2. The van der Waals surface area contributed by atoms with Gasteiger partial charge in [0.15, 0.2) is 0 Å². The molecule has 0 bridgehead atoms. The molecule has 2 aromatic carbocycles. The first-order valence-electron chi connectivity index (χ1n) is 23.7. The van der Waals surface area contributed by atoms with E-state index < -0.39 is 37.0 Å². The summed E-state index contributed by atoms with van der Waals surface area (Å²) >= 11 is 0. The van der Waals surface area contributed by atoms with Gasteiger partial charge in [-0.25, -0.2) is 23.1 Å². The number of anilines is 2. The molecule has 16 nitrogen and oxygen atoms in total. The Morgan fingerprint density at radius 2 is 1.78 bits per heavy atom. The number of carbonyl (C=O) groups is 1. The normalized spacial score (nSPS) is 24.7. The lowest BCUT2D eigenvalue weighted by atomic mass is 9.59. The SMILES string of the molecule is CC(C)c1ccccc1[C@@H]1COC2(CC2)CN1C1CC2(CCN(c3ccc(C(=O)NS(=O)(=O)c4cnc(NC[C@H]5CC[C@](C)(O)CC5)c([N+](=O)[O-])c4)c(Oc4cnc5[nH]ccc5c4)c3)CC2)C1. The lowest BCUT2D eigenvalue weighted by Gasteiger charge is -2.58. The van der Waals surface area contributed by atoms with Crippen molar-refractivity contribution in [3.05, 3.63) is 106 Å². The summed E-state index contributed by atoms with van der Waals surface area (Å²) in [6.07, 6.45) is 13.6. The molecule has 2 saturated heterocycles. The average Bonchev–Trinajstić information content (AvgIpc) is 3.88. The Labute approximate surface area is 391 Å². The van der Waals surface area contributed by atoms with Gasteiger partial charge in [-0.15, -0.1) is 0 Å². The van der Waals surface area contributed by atoms with E-state index in [2.05, 4.69) is 72.9 Å². The maximum absolute atomic E-state index is 14.0. The third-order valence-electron chi connectivity index (χ3n) is 15.3. The second kappa shape index (κ2) is 17.5. The third-order valence-corrected chi connectivity index (χ3v) is 16.6. The highest BCUT2D eigenvalue weighted by molar-refractivity contribution is 7.90. The number of sulfonamides is 1. The maximum atomic E-state index is 14.0. The molecule has 3 aliphatic carbocycles. The van der Waals surface area contributed by atoms with Crippen LogP contribution in [-0.4, -0.2) is 94.2 Å². The Balaban J connectivity index is 0.842. The second-order valence-corrected chi connectivity index (χ2v) is 22.1. The number of nitrogens with zero attached hydrogens (tertiary/aromatic N) is 5. The number of carbonyl (C=O) groups excluding carboxylic acids is 1. The zero-order valence-corrected chi connectivity index (χ0v) is 39.2. The number of piperidine rings is 1. The molecule has 5 aromatic rings. The van der Waals surface area contributed by atoms with Crippen molar-refractivity contribution in [1.82, 2.24) is 24.6 Å². The van der Waals surface area contributed by atoms with Gasteiger partial charge in [-0.1, -0.05) is 38.1 Å². The fourth-order valence-electron chi connectivity index (χ4n) is 11.0. The van der Waals surface area contributed by atoms with Gasteiger partial charge in [-0.05, 0) is 124 Å². The highest BCUT2D eigenvalue weighted by Crippen LogP contribution is 2.56. The van der Waals surface area contributed by atoms with E-state index in [1.165, 1.54) is 17.3 Å². The topological polar surface area (TPSA) is 205 Å². The number of hydrogen-bond donors (Lipinski definition) is 4. The number of H-pyrrole nitrogens is 1. The molecule has 2 aliphatic heterocycles. The van der Waals surface area contributed by atoms with Gasteiger partial charge in [0.05, 0.1) is 46.7 Å². The lowest BCUT2D eigenvalue weighted by molar-refractivity contribution is -0.384. The summed E-state index contributed by atoms with van der Waals surface area (Å²) in [6, 6.07) is 19.3. The van der Waals surface area contributed by atoms with Crippen molar-refractivity contribution in [3.63, 3.8) is 0 Å². The molecule has 0 unspecified atom stereocenters. The van der Waals surface area contributed by atoms with Crippen molar-refractivity contribution in [2.45, 2.75) is 119 Å². The Bertz CT molecular complexity index is 2780. The van der Waals surface area contributed by atoms with E-state index in [-0.39, 0.29) is 40.1 Å². The molecule has 5 fully saturated rings. The number of benzene rings is 2. The summed E-state index contributed by atoms with van der Waals surface area (Å²) in [4.78, 5) is 41.6. The summed E-state index contributed by atoms with van der Waals surface area (Å²) in [5, 5.41) is 26.3. The van der Waals surface area contributed by atoms with Crippen molar-refractivity contribution in [3.8, 4) is 11.5 Å². The van der Waals surface area contributed by atoms with Gasteiger partial charge in [0.25, 0.3) is 15.9 Å². The van der Waals surface area contributed by atoms with Crippen molar-refractivity contribution >= 4 is 44.2 Å². The molecule has 17 heteroatoms. The number of morpholine rings is 1. The van der Waals surface area contributed by atoms with Crippen LogP contribution in [0.25, 0.3) is 11.0 Å². The monoisotopic (exact) mass is 932 g/mol. The summed E-state index contributed by atoms with van der Waals surface area (Å²) in [5.41, 5.74) is 3.26. The highest BCUT2D eigenvalue weighted by atomic mass is 32.2.